The number of nitrogens with zero attached hydrogens (tertiary/aromatic N) is 2. The highest BCUT2D eigenvalue weighted by molar-refractivity contribution is 5.88. The zero-order chi connectivity index (χ0) is 13.9. The van der Waals surface area contributed by atoms with Gasteiger partial charge in [0, 0.05) is 19.2 Å². The van der Waals surface area contributed by atoms with Crippen molar-refractivity contribution < 1.29 is 14.3 Å². The van der Waals surface area contributed by atoms with Crippen molar-refractivity contribution in [2.24, 2.45) is 0 Å². The van der Waals surface area contributed by atoms with E-state index in [-0.39, 0.29) is 18.7 Å². The second-order valence-electron chi connectivity index (χ2n) is 4.73. The predicted octanol–water partition coefficient (Wildman–Crippen LogP) is 2.06. The third-order valence-corrected chi connectivity index (χ3v) is 3.31. The molecule has 0 bridgehead atoms. The smallest absolute Gasteiger partial charge is 0.341 e. The Morgan fingerprint density at radius 1 is 1.50 bits per heavy atom. The third kappa shape index (κ3) is 2.52. The van der Waals surface area contributed by atoms with Gasteiger partial charge in [-0.15, -0.1) is 0 Å². The summed E-state index contributed by atoms with van der Waals surface area (Å²) in [5, 5.41) is 4.05. The Morgan fingerprint density at radius 3 is 3.10 bits per heavy atom. The quantitative estimate of drug-likeness (QED) is 0.799. The summed E-state index contributed by atoms with van der Waals surface area (Å²) < 4.78 is 12.7. The molecular weight excluding hydrogens is 256 g/mol. The number of fused-ring (bicyclic) bond motifs is 1. The molecule has 0 N–H and O–H groups in total. The lowest BCUT2D eigenvalue weighted by molar-refractivity contribution is 0.0346. The summed E-state index contributed by atoms with van der Waals surface area (Å²) in [6, 6.07) is 7.88. The van der Waals surface area contributed by atoms with Crippen LogP contribution < -0.4 is 4.74 Å². The summed E-state index contributed by atoms with van der Waals surface area (Å²) in [7, 11) is 0. The van der Waals surface area contributed by atoms with Crippen molar-refractivity contribution in [2.45, 2.75) is 26.0 Å². The molecule has 0 saturated carbocycles. The lowest BCUT2D eigenvalue weighted by Gasteiger charge is -2.10. The Balaban J connectivity index is 1.55. The van der Waals surface area contributed by atoms with Gasteiger partial charge >= 0.3 is 5.97 Å². The monoisotopic (exact) mass is 272 g/mol. The molecule has 0 saturated heterocycles. The van der Waals surface area contributed by atoms with Crippen molar-refractivity contribution in [1.29, 1.82) is 0 Å². The van der Waals surface area contributed by atoms with E-state index in [0.29, 0.717) is 5.56 Å². The number of aryl methyl sites for hydroxylation is 1. The van der Waals surface area contributed by atoms with Crippen molar-refractivity contribution >= 4 is 5.97 Å². The average molecular weight is 272 g/mol. The summed E-state index contributed by atoms with van der Waals surface area (Å²) in [4.78, 5) is 11.9. The number of ether oxygens (including phenoxy) is 2. The van der Waals surface area contributed by atoms with Crippen LogP contribution in [0.3, 0.4) is 0 Å². The topological polar surface area (TPSA) is 53.4 Å². The number of rotatable bonds is 4. The first kappa shape index (κ1) is 12.7. The molecule has 5 nitrogen and oxygen atoms in total. The van der Waals surface area contributed by atoms with Gasteiger partial charge in [0.2, 0.25) is 0 Å². The molecule has 1 aliphatic heterocycles. The Labute approximate surface area is 117 Å². The minimum atomic E-state index is -0.357. The molecule has 0 unspecified atom stereocenters. The van der Waals surface area contributed by atoms with E-state index in [9.17, 15) is 4.79 Å². The van der Waals surface area contributed by atoms with E-state index >= 15 is 0 Å². The Bertz CT molecular complexity index is 596. The number of carbonyl (C=O) groups is 1. The number of benzene rings is 1. The molecular formula is C15H16N2O3. The highest BCUT2D eigenvalue weighted by atomic mass is 16.6. The first-order valence-electron chi connectivity index (χ1n) is 6.70. The van der Waals surface area contributed by atoms with Gasteiger partial charge in [-0.05, 0) is 18.6 Å². The SMILES string of the molecule is CCn1cc(C(=O)OC[C@H]2Cc3ccccc3O2)cn1. The van der Waals surface area contributed by atoms with Crippen molar-refractivity contribution in [2.75, 3.05) is 6.61 Å². The molecule has 1 atom stereocenters. The van der Waals surface area contributed by atoms with E-state index in [1.807, 2.05) is 31.2 Å². The van der Waals surface area contributed by atoms with Crippen LogP contribution in [0.2, 0.25) is 0 Å². The zero-order valence-electron chi connectivity index (χ0n) is 11.3. The van der Waals surface area contributed by atoms with E-state index in [1.54, 1.807) is 10.9 Å². The van der Waals surface area contributed by atoms with Gasteiger partial charge in [0.1, 0.15) is 18.5 Å². The van der Waals surface area contributed by atoms with E-state index in [2.05, 4.69) is 5.10 Å². The summed E-state index contributed by atoms with van der Waals surface area (Å²) >= 11 is 0. The molecule has 1 aliphatic rings. The van der Waals surface area contributed by atoms with Crippen LogP contribution >= 0.6 is 0 Å². The standard InChI is InChI=1S/C15H16N2O3/c1-2-17-9-12(8-16-17)15(18)19-10-13-7-11-5-3-4-6-14(11)20-13/h3-6,8-9,13H,2,7,10H2,1H3/t13-/m1/s1. The van der Waals surface area contributed by atoms with Gasteiger partial charge in [-0.2, -0.15) is 5.10 Å². The van der Waals surface area contributed by atoms with Gasteiger partial charge in [0.25, 0.3) is 0 Å². The maximum Gasteiger partial charge on any atom is 0.341 e. The largest absolute Gasteiger partial charge is 0.486 e. The lowest BCUT2D eigenvalue weighted by atomic mass is 10.1. The maximum absolute atomic E-state index is 11.9. The van der Waals surface area contributed by atoms with Crippen LogP contribution in [0, 0.1) is 0 Å². The van der Waals surface area contributed by atoms with Crippen LogP contribution in [-0.4, -0.2) is 28.5 Å². The molecule has 104 valence electrons. The van der Waals surface area contributed by atoms with Crippen molar-refractivity contribution in [3.63, 3.8) is 0 Å². The second-order valence-corrected chi connectivity index (χ2v) is 4.73. The van der Waals surface area contributed by atoms with Gasteiger partial charge in [-0.25, -0.2) is 4.79 Å². The van der Waals surface area contributed by atoms with Crippen LogP contribution in [0.15, 0.2) is 36.7 Å². The first-order valence-corrected chi connectivity index (χ1v) is 6.70. The molecule has 0 amide bonds. The number of carbonyl (C=O) groups excluding carboxylic acids is 1. The van der Waals surface area contributed by atoms with Gasteiger partial charge in [-0.3, -0.25) is 4.68 Å². The fourth-order valence-electron chi connectivity index (χ4n) is 2.24. The van der Waals surface area contributed by atoms with E-state index < -0.39 is 0 Å². The van der Waals surface area contributed by atoms with E-state index in [0.717, 1.165) is 24.3 Å². The molecule has 0 fully saturated rings. The molecule has 2 heterocycles. The maximum atomic E-state index is 11.9. The normalized spacial score (nSPS) is 16.6. The molecule has 1 aromatic heterocycles. The minimum Gasteiger partial charge on any atom is -0.486 e. The summed E-state index contributed by atoms with van der Waals surface area (Å²) in [6.45, 7) is 2.95. The molecule has 0 radical (unpaired) electrons. The van der Waals surface area contributed by atoms with Gasteiger partial charge < -0.3 is 9.47 Å². The van der Waals surface area contributed by atoms with E-state index in [4.69, 9.17) is 9.47 Å². The predicted molar refractivity (Wildman–Crippen MR) is 72.7 cm³/mol. The van der Waals surface area contributed by atoms with E-state index in [1.165, 1.54) is 6.20 Å². The molecule has 0 aliphatic carbocycles. The minimum absolute atomic E-state index is 0.0995. The average Bonchev–Trinajstić information content (AvgIpc) is 3.10. The number of hydrogen-bond donors (Lipinski definition) is 0. The highest BCUT2D eigenvalue weighted by Crippen LogP contribution is 2.28. The van der Waals surface area contributed by atoms with Crippen molar-refractivity contribution in [1.82, 2.24) is 9.78 Å². The molecule has 1 aromatic carbocycles. The highest BCUT2D eigenvalue weighted by Gasteiger charge is 2.24. The van der Waals surface area contributed by atoms with Crippen LogP contribution in [0.5, 0.6) is 5.75 Å². The Kier molecular flexibility index (Phi) is 3.41. The first-order chi connectivity index (χ1) is 9.76. The van der Waals surface area contributed by atoms with Crippen LogP contribution in [-0.2, 0) is 17.7 Å². The van der Waals surface area contributed by atoms with Crippen LogP contribution in [0.25, 0.3) is 0 Å². The summed E-state index contributed by atoms with van der Waals surface area (Å²) in [6.07, 6.45) is 3.89. The summed E-state index contributed by atoms with van der Waals surface area (Å²) in [5.41, 5.74) is 1.63. The van der Waals surface area contributed by atoms with Crippen LogP contribution in [0.4, 0.5) is 0 Å². The Morgan fingerprint density at radius 2 is 2.35 bits per heavy atom. The summed E-state index contributed by atoms with van der Waals surface area (Å²) in [5.74, 6) is 0.525. The zero-order valence-corrected chi connectivity index (χ0v) is 11.3. The molecule has 3 rings (SSSR count). The number of aromatic nitrogens is 2. The number of hydrogen-bond acceptors (Lipinski definition) is 4. The third-order valence-electron chi connectivity index (χ3n) is 3.31. The second kappa shape index (κ2) is 5.36. The molecule has 0 spiro atoms. The molecule has 2 aromatic rings. The van der Waals surface area contributed by atoms with Gasteiger partial charge in [0.15, 0.2) is 0 Å². The number of para-hydroxylation sites is 1. The van der Waals surface area contributed by atoms with Gasteiger partial charge in [0.05, 0.1) is 11.8 Å². The lowest BCUT2D eigenvalue weighted by Crippen LogP contribution is -2.22. The molecule has 20 heavy (non-hydrogen) atoms. The fourth-order valence-corrected chi connectivity index (χ4v) is 2.24. The Hall–Kier alpha value is -2.30. The number of esters is 1. The fraction of sp³-hybridized carbons (Fsp3) is 0.333. The van der Waals surface area contributed by atoms with Crippen molar-refractivity contribution in [3.05, 3.63) is 47.8 Å². The van der Waals surface area contributed by atoms with Crippen LogP contribution in [0.1, 0.15) is 22.8 Å². The molecule has 5 heteroatoms. The van der Waals surface area contributed by atoms with Gasteiger partial charge in [-0.1, -0.05) is 18.2 Å². The van der Waals surface area contributed by atoms with Crippen molar-refractivity contribution in [3.8, 4) is 5.75 Å².